The summed E-state index contributed by atoms with van der Waals surface area (Å²) in [5.41, 5.74) is -0.520. The van der Waals surface area contributed by atoms with E-state index in [9.17, 15) is 5.11 Å². The average molecular weight is 183 g/mol. The zero-order valence-electron chi connectivity index (χ0n) is 8.95. The molecule has 0 spiro atoms. The second-order valence-electron chi connectivity index (χ2n) is 4.49. The standard InChI is InChI=1S/C11H21NO/c1-5-6-11(13)7-10(3)12(4)8-9(11)2/h5,9-10,13H,1,6-8H2,2-4H3/t9-,10-,11+/m1/s1. The molecular formula is C11H21NO. The van der Waals surface area contributed by atoms with Crippen LogP contribution in [0.1, 0.15) is 26.7 Å². The molecule has 13 heavy (non-hydrogen) atoms. The fraction of sp³-hybridized carbons (Fsp3) is 0.818. The number of aliphatic hydroxyl groups is 1. The summed E-state index contributed by atoms with van der Waals surface area (Å²) in [6, 6.07) is 0.473. The van der Waals surface area contributed by atoms with Crippen LogP contribution in [-0.4, -0.2) is 35.2 Å². The van der Waals surface area contributed by atoms with Crippen LogP contribution in [0.2, 0.25) is 0 Å². The van der Waals surface area contributed by atoms with Crippen molar-refractivity contribution in [3.63, 3.8) is 0 Å². The number of hydrogen-bond donors (Lipinski definition) is 1. The van der Waals surface area contributed by atoms with E-state index in [0.29, 0.717) is 18.4 Å². The molecule has 76 valence electrons. The summed E-state index contributed by atoms with van der Waals surface area (Å²) in [6.07, 6.45) is 3.40. The van der Waals surface area contributed by atoms with Gasteiger partial charge in [-0.1, -0.05) is 13.0 Å². The van der Waals surface area contributed by atoms with Gasteiger partial charge >= 0.3 is 0 Å². The number of rotatable bonds is 2. The Labute approximate surface area is 81.2 Å². The monoisotopic (exact) mass is 183 g/mol. The van der Waals surface area contributed by atoms with Gasteiger partial charge in [0.1, 0.15) is 0 Å². The Morgan fingerprint density at radius 1 is 1.62 bits per heavy atom. The minimum Gasteiger partial charge on any atom is -0.389 e. The molecular weight excluding hydrogens is 162 g/mol. The van der Waals surface area contributed by atoms with Crippen LogP contribution in [0, 0.1) is 5.92 Å². The highest BCUT2D eigenvalue weighted by atomic mass is 16.3. The SMILES string of the molecule is C=CC[C@]1(O)C[C@@H](C)N(C)C[C@H]1C. The summed E-state index contributed by atoms with van der Waals surface area (Å²) in [5.74, 6) is 0.340. The predicted octanol–water partition coefficient (Wildman–Crippen LogP) is 1.65. The van der Waals surface area contributed by atoms with Crippen molar-refractivity contribution in [2.75, 3.05) is 13.6 Å². The largest absolute Gasteiger partial charge is 0.389 e. The molecule has 1 saturated heterocycles. The lowest BCUT2D eigenvalue weighted by Gasteiger charge is -2.45. The molecule has 2 nitrogen and oxygen atoms in total. The van der Waals surface area contributed by atoms with Gasteiger partial charge in [0.15, 0.2) is 0 Å². The topological polar surface area (TPSA) is 23.5 Å². The van der Waals surface area contributed by atoms with Crippen molar-refractivity contribution >= 4 is 0 Å². The summed E-state index contributed by atoms with van der Waals surface area (Å²) in [6.45, 7) is 8.97. The molecule has 1 aliphatic rings. The normalized spacial score (nSPS) is 41.8. The van der Waals surface area contributed by atoms with Crippen LogP contribution in [0.5, 0.6) is 0 Å². The van der Waals surface area contributed by atoms with Crippen LogP contribution in [0.25, 0.3) is 0 Å². The third-order valence-corrected chi connectivity index (χ3v) is 3.38. The minimum atomic E-state index is -0.520. The van der Waals surface area contributed by atoms with Crippen LogP contribution < -0.4 is 0 Å². The molecule has 0 aromatic rings. The fourth-order valence-electron chi connectivity index (χ4n) is 2.18. The number of hydrogen-bond acceptors (Lipinski definition) is 2. The number of nitrogens with zero attached hydrogens (tertiary/aromatic N) is 1. The first-order valence-electron chi connectivity index (χ1n) is 5.03. The lowest BCUT2D eigenvalue weighted by molar-refractivity contribution is -0.0759. The minimum absolute atomic E-state index is 0.340. The maximum absolute atomic E-state index is 10.3. The maximum Gasteiger partial charge on any atom is 0.0734 e. The Morgan fingerprint density at radius 2 is 2.23 bits per heavy atom. The summed E-state index contributed by atoms with van der Waals surface area (Å²) in [5, 5.41) is 10.3. The van der Waals surface area contributed by atoms with E-state index >= 15 is 0 Å². The van der Waals surface area contributed by atoms with Gasteiger partial charge < -0.3 is 10.0 Å². The molecule has 3 atom stereocenters. The molecule has 2 heteroatoms. The van der Waals surface area contributed by atoms with E-state index in [2.05, 4.69) is 32.4 Å². The van der Waals surface area contributed by atoms with Crippen molar-refractivity contribution in [3.05, 3.63) is 12.7 Å². The predicted molar refractivity (Wildman–Crippen MR) is 55.6 cm³/mol. The Hall–Kier alpha value is -0.340. The van der Waals surface area contributed by atoms with Crippen molar-refractivity contribution in [1.82, 2.24) is 4.90 Å². The first kappa shape index (κ1) is 10.7. The van der Waals surface area contributed by atoms with Crippen molar-refractivity contribution < 1.29 is 5.11 Å². The molecule has 1 fully saturated rings. The smallest absolute Gasteiger partial charge is 0.0734 e. The quantitative estimate of drug-likeness (QED) is 0.658. The molecule has 1 N–H and O–H groups in total. The van der Waals surface area contributed by atoms with Gasteiger partial charge in [0.2, 0.25) is 0 Å². The summed E-state index contributed by atoms with van der Waals surface area (Å²) in [7, 11) is 2.12. The Kier molecular flexibility index (Phi) is 3.14. The van der Waals surface area contributed by atoms with E-state index in [1.807, 2.05) is 6.08 Å². The molecule has 1 rings (SSSR count). The summed E-state index contributed by atoms with van der Waals surface area (Å²) in [4.78, 5) is 2.31. The van der Waals surface area contributed by atoms with Crippen LogP contribution in [0.3, 0.4) is 0 Å². The second-order valence-corrected chi connectivity index (χ2v) is 4.49. The molecule has 0 radical (unpaired) electrons. The Morgan fingerprint density at radius 3 is 2.77 bits per heavy atom. The summed E-state index contributed by atoms with van der Waals surface area (Å²) >= 11 is 0. The highest BCUT2D eigenvalue weighted by molar-refractivity contribution is 4.97. The third-order valence-electron chi connectivity index (χ3n) is 3.38. The van der Waals surface area contributed by atoms with Crippen molar-refractivity contribution in [2.45, 2.75) is 38.3 Å². The molecule has 0 aliphatic carbocycles. The third kappa shape index (κ3) is 2.12. The van der Waals surface area contributed by atoms with Gasteiger partial charge in [-0.15, -0.1) is 6.58 Å². The van der Waals surface area contributed by atoms with Crippen molar-refractivity contribution in [2.24, 2.45) is 5.92 Å². The number of piperidine rings is 1. The molecule has 0 aromatic carbocycles. The van der Waals surface area contributed by atoms with Crippen LogP contribution >= 0.6 is 0 Å². The molecule has 1 aliphatic heterocycles. The highest BCUT2D eigenvalue weighted by Gasteiger charge is 2.39. The van der Waals surface area contributed by atoms with E-state index < -0.39 is 5.60 Å². The average Bonchev–Trinajstić information content (AvgIpc) is 2.02. The Bertz CT molecular complexity index is 193. The highest BCUT2D eigenvalue weighted by Crippen LogP contribution is 2.33. The van der Waals surface area contributed by atoms with Gasteiger partial charge in [-0.3, -0.25) is 0 Å². The van der Waals surface area contributed by atoms with Crippen LogP contribution in [0.15, 0.2) is 12.7 Å². The van der Waals surface area contributed by atoms with Crippen LogP contribution in [-0.2, 0) is 0 Å². The van der Waals surface area contributed by atoms with E-state index in [4.69, 9.17) is 0 Å². The fourth-order valence-corrected chi connectivity index (χ4v) is 2.18. The van der Waals surface area contributed by atoms with Gasteiger partial charge in [0, 0.05) is 12.6 Å². The first-order chi connectivity index (χ1) is 5.99. The van der Waals surface area contributed by atoms with Gasteiger partial charge in [0.25, 0.3) is 0 Å². The van der Waals surface area contributed by atoms with E-state index in [1.54, 1.807) is 0 Å². The molecule has 0 saturated carbocycles. The van der Waals surface area contributed by atoms with Gasteiger partial charge in [-0.2, -0.15) is 0 Å². The molecule has 1 heterocycles. The molecule has 0 bridgehead atoms. The lowest BCUT2D eigenvalue weighted by Crippen LogP contribution is -2.53. The van der Waals surface area contributed by atoms with Gasteiger partial charge in [-0.05, 0) is 32.7 Å². The van der Waals surface area contributed by atoms with Crippen molar-refractivity contribution in [1.29, 1.82) is 0 Å². The van der Waals surface area contributed by atoms with Gasteiger partial charge in [-0.25, -0.2) is 0 Å². The van der Waals surface area contributed by atoms with E-state index in [0.717, 1.165) is 13.0 Å². The Balaban J connectivity index is 2.69. The van der Waals surface area contributed by atoms with Crippen LogP contribution in [0.4, 0.5) is 0 Å². The molecule has 0 amide bonds. The number of likely N-dealkylation sites (tertiary alicyclic amines) is 1. The van der Waals surface area contributed by atoms with Gasteiger partial charge in [0.05, 0.1) is 5.60 Å². The zero-order valence-corrected chi connectivity index (χ0v) is 8.95. The maximum atomic E-state index is 10.3. The van der Waals surface area contributed by atoms with E-state index in [1.165, 1.54) is 0 Å². The first-order valence-corrected chi connectivity index (χ1v) is 5.03. The second kappa shape index (κ2) is 3.81. The molecule has 0 aromatic heterocycles. The zero-order chi connectivity index (χ0) is 10.1. The molecule has 0 unspecified atom stereocenters. The van der Waals surface area contributed by atoms with Crippen molar-refractivity contribution in [3.8, 4) is 0 Å². The van der Waals surface area contributed by atoms with E-state index in [-0.39, 0.29) is 0 Å². The summed E-state index contributed by atoms with van der Waals surface area (Å²) < 4.78 is 0. The lowest BCUT2D eigenvalue weighted by atomic mass is 9.77.